The predicted molar refractivity (Wildman–Crippen MR) is 57.0 cm³/mol. The van der Waals surface area contributed by atoms with Crippen molar-refractivity contribution in [2.24, 2.45) is 5.73 Å². The van der Waals surface area contributed by atoms with Gasteiger partial charge in [0, 0.05) is 20.2 Å². The fraction of sp³-hybridized carbons (Fsp3) is 0.900. The molecular formula is C10H22N2O2. The van der Waals surface area contributed by atoms with Crippen molar-refractivity contribution in [3.05, 3.63) is 0 Å². The molecule has 0 spiro atoms. The second-order valence-corrected chi connectivity index (χ2v) is 3.65. The molecule has 2 atom stereocenters. The molecule has 0 fully saturated rings. The van der Waals surface area contributed by atoms with Crippen LogP contribution in [0.4, 0.5) is 0 Å². The number of nitrogens with two attached hydrogens (primary N) is 1. The second kappa shape index (κ2) is 6.79. The standard InChI is InChI=1S/C10H22N2O2/c1-5-6-8(2)12(3)10(13)9(11)7-14-4/h8-9H,5-7,11H2,1-4H3. The molecule has 0 rings (SSSR count). The summed E-state index contributed by atoms with van der Waals surface area (Å²) >= 11 is 0. The van der Waals surface area contributed by atoms with Gasteiger partial charge in [-0.15, -0.1) is 0 Å². The van der Waals surface area contributed by atoms with Crippen LogP contribution in [0.3, 0.4) is 0 Å². The fourth-order valence-corrected chi connectivity index (χ4v) is 1.34. The van der Waals surface area contributed by atoms with Crippen LogP contribution in [0.5, 0.6) is 0 Å². The first-order valence-corrected chi connectivity index (χ1v) is 5.05. The van der Waals surface area contributed by atoms with Crippen molar-refractivity contribution in [3.8, 4) is 0 Å². The summed E-state index contributed by atoms with van der Waals surface area (Å²) < 4.78 is 4.84. The number of carbonyl (C=O) groups is 1. The second-order valence-electron chi connectivity index (χ2n) is 3.65. The van der Waals surface area contributed by atoms with E-state index < -0.39 is 6.04 Å². The molecule has 4 nitrogen and oxygen atoms in total. The summed E-state index contributed by atoms with van der Waals surface area (Å²) in [7, 11) is 3.33. The van der Waals surface area contributed by atoms with Crippen molar-refractivity contribution < 1.29 is 9.53 Å². The minimum absolute atomic E-state index is 0.0483. The van der Waals surface area contributed by atoms with Gasteiger partial charge in [0.2, 0.25) is 5.91 Å². The van der Waals surface area contributed by atoms with Crippen molar-refractivity contribution in [3.63, 3.8) is 0 Å². The minimum Gasteiger partial charge on any atom is -0.383 e. The number of rotatable bonds is 6. The van der Waals surface area contributed by atoms with Crippen LogP contribution in [-0.4, -0.2) is 43.7 Å². The van der Waals surface area contributed by atoms with E-state index in [0.717, 1.165) is 12.8 Å². The first kappa shape index (κ1) is 13.4. The van der Waals surface area contributed by atoms with Gasteiger partial charge in [-0.05, 0) is 13.3 Å². The highest BCUT2D eigenvalue weighted by atomic mass is 16.5. The molecule has 0 aromatic heterocycles. The van der Waals surface area contributed by atoms with Crippen LogP contribution in [0.15, 0.2) is 0 Å². The molecule has 0 saturated carbocycles. The van der Waals surface area contributed by atoms with E-state index in [1.165, 1.54) is 0 Å². The first-order chi connectivity index (χ1) is 6.54. The van der Waals surface area contributed by atoms with E-state index in [4.69, 9.17) is 10.5 Å². The highest BCUT2D eigenvalue weighted by molar-refractivity contribution is 5.81. The Morgan fingerprint density at radius 1 is 1.57 bits per heavy atom. The summed E-state index contributed by atoms with van der Waals surface area (Å²) in [6.45, 7) is 4.41. The van der Waals surface area contributed by atoms with E-state index in [2.05, 4.69) is 6.92 Å². The average molecular weight is 202 g/mol. The first-order valence-electron chi connectivity index (χ1n) is 5.05. The molecule has 0 aromatic carbocycles. The largest absolute Gasteiger partial charge is 0.383 e. The van der Waals surface area contributed by atoms with Gasteiger partial charge >= 0.3 is 0 Å². The molecule has 14 heavy (non-hydrogen) atoms. The number of likely N-dealkylation sites (N-methyl/N-ethyl adjacent to an activating group) is 1. The van der Waals surface area contributed by atoms with E-state index in [1.54, 1.807) is 19.1 Å². The summed E-state index contributed by atoms with van der Waals surface area (Å²) in [6.07, 6.45) is 2.07. The van der Waals surface area contributed by atoms with Gasteiger partial charge in [-0.1, -0.05) is 13.3 Å². The highest BCUT2D eigenvalue weighted by Crippen LogP contribution is 2.05. The lowest BCUT2D eigenvalue weighted by Gasteiger charge is -2.27. The van der Waals surface area contributed by atoms with E-state index in [1.807, 2.05) is 6.92 Å². The SMILES string of the molecule is CCCC(C)N(C)C(=O)C(N)COC. The Kier molecular flexibility index (Phi) is 6.49. The smallest absolute Gasteiger partial charge is 0.241 e. The van der Waals surface area contributed by atoms with Crippen molar-refractivity contribution in [2.45, 2.75) is 38.8 Å². The molecule has 4 heteroatoms. The highest BCUT2D eigenvalue weighted by Gasteiger charge is 2.21. The lowest BCUT2D eigenvalue weighted by atomic mass is 10.1. The Morgan fingerprint density at radius 3 is 2.57 bits per heavy atom. The molecule has 0 aliphatic rings. The summed E-state index contributed by atoms with van der Waals surface area (Å²) in [5.41, 5.74) is 5.65. The van der Waals surface area contributed by atoms with Gasteiger partial charge in [0.1, 0.15) is 6.04 Å². The Bertz CT molecular complexity index is 174. The molecule has 0 aliphatic heterocycles. The predicted octanol–water partition coefficient (Wildman–Crippen LogP) is 0.607. The zero-order valence-electron chi connectivity index (χ0n) is 9.62. The van der Waals surface area contributed by atoms with Crippen LogP contribution < -0.4 is 5.73 Å². The van der Waals surface area contributed by atoms with Crippen LogP contribution in [-0.2, 0) is 9.53 Å². The number of amides is 1. The van der Waals surface area contributed by atoms with Crippen LogP contribution in [0.25, 0.3) is 0 Å². The maximum Gasteiger partial charge on any atom is 0.241 e. The minimum atomic E-state index is -0.538. The van der Waals surface area contributed by atoms with Crippen LogP contribution >= 0.6 is 0 Å². The Hall–Kier alpha value is -0.610. The number of ether oxygens (including phenoxy) is 1. The topological polar surface area (TPSA) is 55.6 Å². The third-order valence-corrected chi connectivity index (χ3v) is 2.38. The average Bonchev–Trinajstić information content (AvgIpc) is 2.16. The molecule has 0 aliphatic carbocycles. The summed E-state index contributed by atoms with van der Waals surface area (Å²) in [5.74, 6) is -0.0483. The number of methoxy groups -OCH3 is 1. The van der Waals surface area contributed by atoms with E-state index >= 15 is 0 Å². The van der Waals surface area contributed by atoms with E-state index in [9.17, 15) is 4.79 Å². The molecule has 0 bridgehead atoms. The Morgan fingerprint density at radius 2 is 2.14 bits per heavy atom. The van der Waals surface area contributed by atoms with Crippen molar-refractivity contribution >= 4 is 5.91 Å². The third kappa shape index (κ3) is 4.07. The number of carbonyl (C=O) groups excluding carboxylic acids is 1. The normalized spacial score (nSPS) is 14.9. The lowest BCUT2D eigenvalue weighted by molar-refractivity contribution is -0.134. The molecule has 0 saturated heterocycles. The van der Waals surface area contributed by atoms with Crippen molar-refractivity contribution in [1.82, 2.24) is 4.90 Å². The zero-order chi connectivity index (χ0) is 11.1. The summed E-state index contributed by atoms with van der Waals surface area (Å²) in [6, 6.07) is -0.292. The maximum atomic E-state index is 11.7. The Labute approximate surface area is 86.4 Å². The number of nitrogens with zero attached hydrogens (tertiary/aromatic N) is 1. The number of hydrogen-bond acceptors (Lipinski definition) is 3. The van der Waals surface area contributed by atoms with Gasteiger partial charge in [-0.2, -0.15) is 0 Å². The molecule has 0 heterocycles. The quantitative estimate of drug-likeness (QED) is 0.686. The number of hydrogen-bond donors (Lipinski definition) is 1. The molecule has 1 amide bonds. The fourth-order valence-electron chi connectivity index (χ4n) is 1.34. The van der Waals surface area contributed by atoms with Crippen LogP contribution in [0.1, 0.15) is 26.7 Å². The summed E-state index contributed by atoms with van der Waals surface area (Å²) in [4.78, 5) is 13.4. The molecule has 2 N–H and O–H groups in total. The molecule has 0 radical (unpaired) electrons. The molecular weight excluding hydrogens is 180 g/mol. The van der Waals surface area contributed by atoms with Crippen LogP contribution in [0.2, 0.25) is 0 Å². The van der Waals surface area contributed by atoms with Crippen molar-refractivity contribution in [1.29, 1.82) is 0 Å². The van der Waals surface area contributed by atoms with Gasteiger partial charge in [0.05, 0.1) is 6.61 Å². The van der Waals surface area contributed by atoms with Crippen LogP contribution in [0, 0.1) is 0 Å². The zero-order valence-corrected chi connectivity index (χ0v) is 9.62. The monoisotopic (exact) mass is 202 g/mol. The van der Waals surface area contributed by atoms with Crippen molar-refractivity contribution in [2.75, 3.05) is 20.8 Å². The maximum absolute atomic E-state index is 11.7. The van der Waals surface area contributed by atoms with E-state index in [-0.39, 0.29) is 18.6 Å². The molecule has 2 unspecified atom stereocenters. The van der Waals surface area contributed by atoms with Gasteiger partial charge in [-0.25, -0.2) is 0 Å². The molecule has 84 valence electrons. The van der Waals surface area contributed by atoms with Gasteiger partial charge < -0.3 is 15.4 Å². The lowest BCUT2D eigenvalue weighted by Crippen LogP contribution is -2.47. The Balaban J connectivity index is 4.09. The summed E-state index contributed by atoms with van der Waals surface area (Å²) in [5, 5.41) is 0. The van der Waals surface area contributed by atoms with Gasteiger partial charge in [0.15, 0.2) is 0 Å². The molecule has 0 aromatic rings. The van der Waals surface area contributed by atoms with E-state index in [0.29, 0.717) is 0 Å². The third-order valence-electron chi connectivity index (χ3n) is 2.38. The van der Waals surface area contributed by atoms with Gasteiger partial charge in [-0.3, -0.25) is 4.79 Å². The van der Waals surface area contributed by atoms with Gasteiger partial charge in [0.25, 0.3) is 0 Å².